The third kappa shape index (κ3) is 4.78. The van der Waals surface area contributed by atoms with Crippen LogP contribution in [-0.2, 0) is 4.79 Å². The summed E-state index contributed by atoms with van der Waals surface area (Å²) in [7, 11) is 0. The number of aliphatic hydroxyl groups excluding tert-OH is 1. The first kappa shape index (κ1) is 16.9. The number of carbonyl (C=O) groups excluding carboxylic acids is 1. The highest BCUT2D eigenvalue weighted by Gasteiger charge is 2.33. The molecule has 0 heterocycles. The van der Waals surface area contributed by atoms with Gasteiger partial charge in [0.25, 0.3) is 0 Å². The number of rotatable bonds is 6. The van der Waals surface area contributed by atoms with Gasteiger partial charge in [0, 0.05) is 21.9 Å². The Kier molecular flexibility index (Phi) is 6.23. The topological polar surface area (TPSA) is 49.3 Å². The van der Waals surface area contributed by atoms with Crippen molar-refractivity contribution < 1.29 is 9.90 Å². The lowest BCUT2D eigenvalue weighted by molar-refractivity contribution is -0.119. The van der Waals surface area contributed by atoms with Gasteiger partial charge < -0.3 is 10.4 Å². The van der Waals surface area contributed by atoms with Gasteiger partial charge in [-0.2, -0.15) is 0 Å². The zero-order valence-corrected chi connectivity index (χ0v) is 14.0. The van der Waals surface area contributed by atoms with E-state index >= 15 is 0 Å². The van der Waals surface area contributed by atoms with Crippen LogP contribution in [0.4, 0.5) is 0 Å². The van der Waals surface area contributed by atoms with E-state index in [0.717, 1.165) is 30.6 Å². The normalized spacial score (nSPS) is 16.9. The minimum absolute atomic E-state index is 0.0456. The molecular formula is C15H19Cl2NO2S. The van der Waals surface area contributed by atoms with Crippen molar-refractivity contribution in [2.24, 2.45) is 5.41 Å². The number of thioether (sulfide) groups is 1. The molecule has 6 heteroatoms. The van der Waals surface area contributed by atoms with Crippen LogP contribution in [-0.4, -0.2) is 29.9 Å². The van der Waals surface area contributed by atoms with Crippen LogP contribution in [0.5, 0.6) is 0 Å². The van der Waals surface area contributed by atoms with Crippen LogP contribution in [0.2, 0.25) is 10.0 Å². The molecule has 0 unspecified atom stereocenters. The van der Waals surface area contributed by atoms with E-state index in [2.05, 4.69) is 5.32 Å². The first-order valence-electron chi connectivity index (χ1n) is 7.00. The van der Waals surface area contributed by atoms with Gasteiger partial charge in [0.1, 0.15) is 0 Å². The molecule has 21 heavy (non-hydrogen) atoms. The molecule has 1 aromatic carbocycles. The van der Waals surface area contributed by atoms with Gasteiger partial charge >= 0.3 is 0 Å². The molecule has 2 rings (SSSR count). The standard InChI is InChI=1S/C15H19Cl2NO2S/c16-11-3-4-12(17)13(7-11)21-8-14(20)18-9-15(10-19)5-1-2-6-15/h3-4,7,19H,1-2,5-6,8-10H2,(H,18,20). The van der Waals surface area contributed by atoms with E-state index in [4.69, 9.17) is 23.2 Å². The number of hydrogen-bond acceptors (Lipinski definition) is 3. The van der Waals surface area contributed by atoms with Gasteiger partial charge in [0.15, 0.2) is 0 Å². The number of nitrogens with one attached hydrogen (secondary N) is 1. The Morgan fingerprint density at radius 1 is 1.33 bits per heavy atom. The molecule has 116 valence electrons. The molecule has 0 bridgehead atoms. The number of halogens is 2. The highest BCUT2D eigenvalue weighted by atomic mass is 35.5. The van der Waals surface area contributed by atoms with Crippen molar-refractivity contribution in [3.05, 3.63) is 28.2 Å². The summed E-state index contributed by atoms with van der Waals surface area (Å²) in [5, 5.41) is 13.6. The number of benzene rings is 1. The molecule has 1 aliphatic carbocycles. The molecule has 0 aliphatic heterocycles. The van der Waals surface area contributed by atoms with Crippen LogP contribution in [0.15, 0.2) is 23.1 Å². The fourth-order valence-electron chi connectivity index (χ4n) is 2.58. The third-order valence-corrected chi connectivity index (χ3v) is 5.64. The summed E-state index contributed by atoms with van der Waals surface area (Å²) in [4.78, 5) is 12.7. The summed E-state index contributed by atoms with van der Waals surface area (Å²) in [5.74, 6) is 0.248. The molecule has 1 aromatic rings. The van der Waals surface area contributed by atoms with E-state index in [1.807, 2.05) is 0 Å². The summed E-state index contributed by atoms with van der Waals surface area (Å²) in [6.07, 6.45) is 4.22. The molecule has 0 atom stereocenters. The minimum Gasteiger partial charge on any atom is -0.396 e. The van der Waals surface area contributed by atoms with Crippen molar-refractivity contribution >= 4 is 40.9 Å². The van der Waals surface area contributed by atoms with Crippen LogP contribution in [0.25, 0.3) is 0 Å². The molecule has 1 fully saturated rings. The zero-order valence-electron chi connectivity index (χ0n) is 11.7. The summed E-state index contributed by atoms with van der Waals surface area (Å²) in [5.41, 5.74) is -0.117. The SMILES string of the molecule is O=C(CSc1cc(Cl)ccc1Cl)NCC1(CO)CCCC1. The second-order valence-electron chi connectivity index (χ2n) is 5.51. The molecule has 1 amide bonds. The maximum Gasteiger partial charge on any atom is 0.230 e. The Morgan fingerprint density at radius 3 is 2.71 bits per heavy atom. The highest BCUT2D eigenvalue weighted by Crippen LogP contribution is 2.37. The summed E-state index contributed by atoms with van der Waals surface area (Å²) in [6, 6.07) is 5.20. The summed E-state index contributed by atoms with van der Waals surface area (Å²) >= 11 is 13.3. The molecular weight excluding hydrogens is 329 g/mol. The molecule has 3 nitrogen and oxygen atoms in total. The second kappa shape index (κ2) is 7.73. The Labute approximate surface area is 139 Å². The first-order valence-corrected chi connectivity index (χ1v) is 8.74. The van der Waals surface area contributed by atoms with E-state index in [0.29, 0.717) is 22.3 Å². The second-order valence-corrected chi connectivity index (χ2v) is 7.37. The van der Waals surface area contributed by atoms with Gasteiger partial charge in [-0.25, -0.2) is 0 Å². The first-order chi connectivity index (χ1) is 10.0. The Balaban J connectivity index is 1.81. The lowest BCUT2D eigenvalue weighted by Gasteiger charge is -2.26. The zero-order chi connectivity index (χ0) is 15.3. The Morgan fingerprint density at radius 2 is 2.05 bits per heavy atom. The average Bonchev–Trinajstić information content (AvgIpc) is 2.95. The van der Waals surface area contributed by atoms with Gasteiger partial charge in [-0.1, -0.05) is 36.0 Å². The monoisotopic (exact) mass is 347 g/mol. The Hall–Kier alpha value is -0.420. The van der Waals surface area contributed by atoms with E-state index < -0.39 is 0 Å². The van der Waals surface area contributed by atoms with E-state index in [1.165, 1.54) is 11.8 Å². The van der Waals surface area contributed by atoms with E-state index in [9.17, 15) is 9.90 Å². The van der Waals surface area contributed by atoms with E-state index in [-0.39, 0.29) is 17.9 Å². The molecule has 2 N–H and O–H groups in total. The van der Waals surface area contributed by atoms with Gasteiger partial charge in [0.05, 0.1) is 17.4 Å². The van der Waals surface area contributed by atoms with Crippen molar-refractivity contribution in [3.63, 3.8) is 0 Å². The van der Waals surface area contributed by atoms with Crippen LogP contribution in [0.3, 0.4) is 0 Å². The fraction of sp³-hybridized carbons (Fsp3) is 0.533. The van der Waals surface area contributed by atoms with Crippen LogP contribution in [0.1, 0.15) is 25.7 Å². The van der Waals surface area contributed by atoms with Gasteiger partial charge in [-0.15, -0.1) is 11.8 Å². The third-order valence-electron chi connectivity index (χ3n) is 3.91. The van der Waals surface area contributed by atoms with Gasteiger partial charge in [-0.05, 0) is 31.0 Å². The van der Waals surface area contributed by atoms with Crippen LogP contribution >= 0.6 is 35.0 Å². The Bertz CT molecular complexity index is 504. The molecule has 0 aromatic heterocycles. The predicted octanol–water partition coefficient (Wildman–Crippen LogP) is 3.75. The summed E-state index contributed by atoms with van der Waals surface area (Å²) in [6.45, 7) is 0.687. The number of aliphatic hydroxyl groups is 1. The van der Waals surface area contributed by atoms with Crippen molar-refractivity contribution in [2.45, 2.75) is 30.6 Å². The average molecular weight is 348 g/mol. The maximum atomic E-state index is 11.9. The molecule has 0 spiro atoms. The smallest absolute Gasteiger partial charge is 0.230 e. The number of hydrogen-bond donors (Lipinski definition) is 2. The molecule has 1 aliphatic rings. The van der Waals surface area contributed by atoms with Crippen molar-refractivity contribution in [2.75, 3.05) is 18.9 Å². The van der Waals surface area contributed by atoms with Gasteiger partial charge in [-0.3, -0.25) is 4.79 Å². The lowest BCUT2D eigenvalue weighted by atomic mass is 9.87. The highest BCUT2D eigenvalue weighted by molar-refractivity contribution is 8.00. The molecule has 0 radical (unpaired) electrons. The maximum absolute atomic E-state index is 11.9. The predicted molar refractivity (Wildman–Crippen MR) is 88.2 cm³/mol. The summed E-state index contributed by atoms with van der Waals surface area (Å²) < 4.78 is 0. The van der Waals surface area contributed by atoms with Crippen molar-refractivity contribution in [1.82, 2.24) is 5.32 Å². The van der Waals surface area contributed by atoms with Crippen molar-refractivity contribution in [3.8, 4) is 0 Å². The molecule has 0 saturated heterocycles. The quantitative estimate of drug-likeness (QED) is 0.770. The minimum atomic E-state index is -0.117. The molecule has 1 saturated carbocycles. The van der Waals surface area contributed by atoms with Crippen molar-refractivity contribution in [1.29, 1.82) is 0 Å². The fourth-order valence-corrected chi connectivity index (χ4v) is 3.91. The van der Waals surface area contributed by atoms with Gasteiger partial charge in [0.2, 0.25) is 5.91 Å². The van der Waals surface area contributed by atoms with Crippen LogP contribution < -0.4 is 5.32 Å². The van der Waals surface area contributed by atoms with Crippen LogP contribution in [0, 0.1) is 5.41 Å². The largest absolute Gasteiger partial charge is 0.396 e. The number of amides is 1. The number of carbonyl (C=O) groups is 1. The van der Waals surface area contributed by atoms with E-state index in [1.54, 1.807) is 18.2 Å². The lowest BCUT2D eigenvalue weighted by Crippen LogP contribution is -2.39.